The molecular weight excluding hydrogens is 589 g/mol. The van der Waals surface area contributed by atoms with E-state index >= 15 is 0 Å². The standard InChI is InChI=1S/C29H27ClN2O4.C2HF3O2/c1-3-32-26(33)23-24(27(32)34)29(28(35)36-2,17-18-8-5-4-6-9-18)31-25(23)20-14-12-19(13-15-20)21-10-7-11-22(30)16-21;3-2(4,5)1(6)7/h4-16,23-25,31H,3,17H2,1-2H3;(H,6,7)/t23-,24-,25-,29-;/m1./s1. The number of nitrogens with one attached hydrogen (secondary N) is 1. The lowest BCUT2D eigenvalue weighted by molar-refractivity contribution is -0.192. The predicted octanol–water partition coefficient (Wildman–Crippen LogP) is 5.06. The van der Waals surface area contributed by atoms with Gasteiger partial charge in [-0.15, -0.1) is 0 Å². The number of carboxylic acid groups (broad SMARTS) is 1. The topological polar surface area (TPSA) is 113 Å². The summed E-state index contributed by atoms with van der Waals surface area (Å²) in [5.41, 5.74) is 2.29. The molecule has 0 aromatic heterocycles. The lowest BCUT2D eigenvalue weighted by atomic mass is 9.76. The van der Waals surface area contributed by atoms with Crippen LogP contribution in [0.5, 0.6) is 0 Å². The van der Waals surface area contributed by atoms with Crippen LogP contribution >= 0.6 is 11.6 Å². The summed E-state index contributed by atoms with van der Waals surface area (Å²) in [6.07, 6.45) is -4.85. The third kappa shape index (κ3) is 6.28. The van der Waals surface area contributed by atoms with Crippen molar-refractivity contribution in [3.8, 4) is 11.1 Å². The number of rotatable bonds is 6. The first-order valence-electron chi connectivity index (χ1n) is 13.2. The number of nitrogens with zero attached hydrogens (tertiary/aromatic N) is 1. The fraction of sp³-hybridized carbons (Fsp3) is 0.290. The molecule has 2 fully saturated rings. The zero-order chi connectivity index (χ0) is 31.5. The summed E-state index contributed by atoms with van der Waals surface area (Å²) in [6.45, 7) is 2.03. The van der Waals surface area contributed by atoms with Gasteiger partial charge in [-0.25, -0.2) is 4.79 Å². The van der Waals surface area contributed by atoms with Gasteiger partial charge in [-0.2, -0.15) is 13.2 Å². The molecule has 5 rings (SSSR count). The fourth-order valence-corrected chi connectivity index (χ4v) is 5.92. The number of hydrogen-bond acceptors (Lipinski definition) is 6. The van der Waals surface area contributed by atoms with Gasteiger partial charge in [0.05, 0.1) is 18.9 Å². The van der Waals surface area contributed by atoms with Gasteiger partial charge in [-0.1, -0.05) is 78.3 Å². The van der Waals surface area contributed by atoms with Crippen LogP contribution in [0.2, 0.25) is 5.02 Å². The van der Waals surface area contributed by atoms with Gasteiger partial charge in [-0.05, 0) is 41.3 Å². The Morgan fingerprint density at radius 2 is 1.60 bits per heavy atom. The molecule has 0 bridgehead atoms. The number of amides is 2. The van der Waals surface area contributed by atoms with Gasteiger partial charge in [0.25, 0.3) is 0 Å². The average molecular weight is 617 g/mol. The van der Waals surface area contributed by atoms with E-state index < -0.39 is 41.5 Å². The molecule has 0 aliphatic carbocycles. The number of halogens is 4. The number of fused-ring (bicyclic) bond motifs is 1. The van der Waals surface area contributed by atoms with E-state index in [0.717, 1.165) is 22.3 Å². The maximum atomic E-state index is 13.5. The number of ether oxygens (including phenoxy) is 1. The highest BCUT2D eigenvalue weighted by molar-refractivity contribution is 6.30. The van der Waals surface area contributed by atoms with Gasteiger partial charge < -0.3 is 9.84 Å². The molecule has 0 saturated carbocycles. The van der Waals surface area contributed by atoms with Crippen LogP contribution < -0.4 is 5.32 Å². The van der Waals surface area contributed by atoms with Crippen molar-refractivity contribution in [1.29, 1.82) is 0 Å². The maximum absolute atomic E-state index is 13.5. The summed E-state index contributed by atoms with van der Waals surface area (Å²) in [7, 11) is 1.32. The van der Waals surface area contributed by atoms with E-state index in [9.17, 15) is 27.6 Å². The molecule has 2 aliphatic rings. The van der Waals surface area contributed by atoms with E-state index in [4.69, 9.17) is 26.2 Å². The largest absolute Gasteiger partial charge is 0.490 e. The summed E-state index contributed by atoms with van der Waals surface area (Å²) in [5, 5.41) is 11.2. The third-order valence-electron chi connectivity index (χ3n) is 7.61. The Morgan fingerprint density at radius 3 is 2.14 bits per heavy atom. The number of imide groups is 1. The van der Waals surface area contributed by atoms with Crippen molar-refractivity contribution < 1.29 is 42.2 Å². The van der Waals surface area contributed by atoms with Crippen molar-refractivity contribution in [2.75, 3.05) is 13.7 Å². The highest BCUT2D eigenvalue weighted by Gasteiger charge is 2.68. The van der Waals surface area contributed by atoms with E-state index in [1.165, 1.54) is 12.0 Å². The summed E-state index contributed by atoms with van der Waals surface area (Å²) in [6, 6.07) is 24.3. The second-order valence-corrected chi connectivity index (χ2v) is 10.5. The second-order valence-electron chi connectivity index (χ2n) is 10.1. The summed E-state index contributed by atoms with van der Waals surface area (Å²) < 4.78 is 37.0. The summed E-state index contributed by atoms with van der Waals surface area (Å²) in [4.78, 5) is 50.6. The van der Waals surface area contributed by atoms with Crippen LogP contribution in [0, 0.1) is 11.8 Å². The Bertz CT molecular complexity index is 1520. The highest BCUT2D eigenvalue weighted by atomic mass is 35.5. The molecule has 8 nitrogen and oxygen atoms in total. The zero-order valence-corrected chi connectivity index (χ0v) is 23.9. The molecule has 2 aliphatic heterocycles. The summed E-state index contributed by atoms with van der Waals surface area (Å²) in [5.74, 6) is -5.47. The molecule has 2 amide bonds. The maximum Gasteiger partial charge on any atom is 0.490 e. The third-order valence-corrected chi connectivity index (χ3v) is 7.84. The Kier molecular flexibility index (Phi) is 9.26. The van der Waals surface area contributed by atoms with Gasteiger partial charge in [0.1, 0.15) is 5.54 Å². The molecule has 2 saturated heterocycles. The van der Waals surface area contributed by atoms with Crippen LogP contribution in [0.1, 0.15) is 24.1 Å². The number of hydrogen-bond donors (Lipinski definition) is 2. The lowest BCUT2D eigenvalue weighted by Gasteiger charge is -2.32. The number of benzene rings is 3. The number of carbonyl (C=O) groups is 4. The minimum atomic E-state index is -5.08. The number of methoxy groups -OCH3 is 1. The SMILES string of the molecule is CCN1C(=O)[C@H]2[C@@H](c3ccc(-c4cccc(Cl)c4)cc3)N[C@@](Cc3ccccc3)(C(=O)OC)[C@H]2C1=O.O=C(O)C(F)(F)F. The Labute approximate surface area is 250 Å². The summed E-state index contributed by atoms with van der Waals surface area (Å²) >= 11 is 6.16. The number of carbonyl (C=O) groups excluding carboxylic acids is 3. The van der Waals surface area contributed by atoms with Crippen molar-refractivity contribution >= 4 is 35.4 Å². The zero-order valence-electron chi connectivity index (χ0n) is 23.1. The molecule has 43 heavy (non-hydrogen) atoms. The molecule has 2 N–H and O–H groups in total. The molecule has 0 unspecified atom stereocenters. The normalized spacial score (nSPS) is 22.9. The highest BCUT2D eigenvalue weighted by Crippen LogP contribution is 2.50. The van der Waals surface area contributed by atoms with Crippen molar-refractivity contribution in [3.63, 3.8) is 0 Å². The monoisotopic (exact) mass is 616 g/mol. The number of alkyl halides is 3. The molecule has 3 aromatic rings. The minimum absolute atomic E-state index is 0.232. The van der Waals surface area contributed by atoms with E-state index in [2.05, 4.69) is 5.32 Å². The van der Waals surface area contributed by atoms with Gasteiger partial charge in [0.15, 0.2) is 0 Å². The van der Waals surface area contributed by atoms with E-state index in [1.807, 2.05) is 78.9 Å². The molecule has 0 radical (unpaired) electrons. The molecule has 12 heteroatoms. The van der Waals surface area contributed by atoms with Gasteiger partial charge in [0.2, 0.25) is 11.8 Å². The van der Waals surface area contributed by atoms with Gasteiger partial charge in [0, 0.05) is 24.0 Å². The molecule has 2 heterocycles. The number of carboxylic acids is 1. The van der Waals surface area contributed by atoms with Crippen LogP contribution in [-0.2, 0) is 30.3 Å². The number of aliphatic carboxylic acids is 1. The first-order chi connectivity index (χ1) is 20.3. The number of esters is 1. The quantitative estimate of drug-likeness (QED) is 0.294. The second kappa shape index (κ2) is 12.6. The van der Waals surface area contributed by atoms with Crippen LogP contribution in [-0.4, -0.2) is 59.1 Å². The average Bonchev–Trinajstić information content (AvgIpc) is 3.46. The first-order valence-corrected chi connectivity index (χ1v) is 13.6. The van der Waals surface area contributed by atoms with Crippen LogP contribution in [0.3, 0.4) is 0 Å². The fourth-order valence-electron chi connectivity index (χ4n) is 5.73. The molecule has 4 atom stereocenters. The Balaban J connectivity index is 0.000000541. The van der Waals surface area contributed by atoms with E-state index in [1.54, 1.807) is 6.92 Å². The smallest absolute Gasteiger partial charge is 0.475 e. The molecule has 226 valence electrons. The van der Waals surface area contributed by atoms with Crippen molar-refractivity contribution in [2.24, 2.45) is 11.8 Å². The Morgan fingerprint density at radius 1 is 0.977 bits per heavy atom. The predicted molar refractivity (Wildman–Crippen MR) is 151 cm³/mol. The Hall–Kier alpha value is -4.22. The molecular formula is C31H28ClF3N2O6. The minimum Gasteiger partial charge on any atom is -0.475 e. The molecule has 3 aromatic carbocycles. The van der Waals surface area contributed by atoms with Gasteiger partial charge >= 0.3 is 18.1 Å². The first kappa shape index (κ1) is 31.7. The van der Waals surface area contributed by atoms with Crippen molar-refractivity contribution in [2.45, 2.75) is 31.1 Å². The van der Waals surface area contributed by atoms with Crippen molar-refractivity contribution in [1.82, 2.24) is 10.2 Å². The lowest BCUT2D eigenvalue weighted by Crippen LogP contribution is -2.57. The van der Waals surface area contributed by atoms with Gasteiger partial charge in [-0.3, -0.25) is 24.6 Å². The number of likely N-dealkylation sites (tertiary alicyclic amines) is 1. The van der Waals surface area contributed by atoms with E-state index in [-0.39, 0.29) is 24.8 Å². The van der Waals surface area contributed by atoms with E-state index in [0.29, 0.717) is 5.02 Å². The van der Waals surface area contributed by atoms with Crippen molar-refractivity contribution in [3.05, 3.63) is 95.0 Å². The van der Waals surface area contributed by atoms with Crippen LogP contribution in [0.4, 0.5) is 13.2 Å². The molecule has 0 spiro atoms. The van der Waals surface area contributed by atoms with Crippen LogP contribution in [0.25, 0.3) is 11.1 Å². The van der Waals surface area contributed by atoms with Crippen LogP contribution in [0.15, 0.2) is 78.9 Å².